The molecule has 28 heavy (non-hydrogen) atoms. The summed E-state index contributed by atoms with van der Waals surface area (Å²) in [6.07, 6.45) is 0. The molecule has 4 rings (SSSR count). The van der Waals surface area contributed by atoms with E-state index < -0.39 is 5.91 Å². The van der Waals surface area contributed by atoms with Crippen LogP contribution in [0.2, 0.25) is 0 Å². The van der Waals surface area contributed by atoms with Gasteiger partial charge in [0.2, 0.25) is 5.91 Å². The Kier molecular flexibility index (Phi) is 4.92. The summed E-state index contributed by atoms with van der Waals surface area (Å²) in [6, 6.07) is 22.2. The number of amides is 1. The van der Waals surface area contributed by atoms with Gasteiger partial charge in [-0.2, -0.15) is 0 Å². The topological polar surface area (TPSA) is 60.9 Å². The molecule has 5 heteroatoms. The Balaban J connectivity index is 1.85. The first kappa shape index (κ1) is 18.3. The third-order valence-electron chi connectivity index (χ3n) is 4.71. The number of thioether (sulfide) groups is 1. The number of fused-ring (bicyclic) bond motifs is 1. The number of hydrogen-bond acceptors (Lipinski definition) is 3. The molecule has 4 nitrogen and oxygen atoms in total. The maximum atomic E-state index is 11.6. The van der Waals surface area contributed by atoms with Crippen LogP contribution in [0.15, 0.2) is 71.6 Å². The van der Waals surface area contributed by atoms with Crippen LogP contribution < -0.4 is 5.73 Å². The predicted molar refractivity (Wildman–Crippen MR) is 115 cm³/mol. The lowest BCUT2D eigenvalue weighted by Gasteiger charge is -2.13. The molecule has 2 N–H and O–H groups in total. The molecule has 4 aromatic rings. The highest BCUT2D eigenvalue weighted by Gasteiger charge is 2.16. The standard InChI is InChI=1S/C23H21N3OS/c1-15-8-10-20(16(2)12-15)26-21-11-9-17(23(24)27)13-19(21)25-22(26)14-28-18-6-4-3-5-7-18/h3-13H,14H2,1-2H3,(H2,24,27). The molecule has 1 aromatic heterocycles. The minimum Gasteiger partial charge on any atom is -0.366 e. The van der Waals surface area contributed by atoms with Crippen LogP contribution in [0.3, 0.4) is 0 Å². The average molecular weight is 388 g/mol. The average Bonchev–Trinajstić information content (AvgIpc) is 3.04. The number of primary amides is 1. The summed E-state index contributed by atoms with van der Waals surface area (Å²) >= 11 is 1.74. The number of benzene rings is 3. The SMILES string of the molecule is Cc1ccc(-n2c(CSc3ccccc3)nc3cc(C(N)=O)ccc32)c(C)c1. The van der Waals surface area contributed by atoms with Crippen molar-refractivity contribution >= 4 is 28.7 Å². The van der Waals surface area contributed by atoms with Crippen molar-refractivity contribution in [1.82, 2.24) is 9.55 Å². The van der Waals surface area contributed by atoms with Crippen LogP contribution in [0, 0.1) is 13.8 Å². The van der Waals surface area contributed by atoms with Crippen molar-refractivity contribution in [2.75, 3.05) is 0 Å². The van der Waals surface area contributed by atoms with Gasteiger partial charge in [-0.1, -0.05) is 35.9 Å². The Morgan fingerprint density at radius 1 is 1.04 bits per heavy atom. The zero-order valence-electron chi connectivity index (χ0n) is 15.8. The van der Waals surface area contributed by atoms with Gasteiger partial charge in [-0.05, 0) is 55.8 Å². The number of imidazole rings is 1. The number of rotatable bonds is 5. The smallest absolute Gasteiger partial charge is 0.248 e. The van der Waals surface area contributed by atoms with Crippen molar-refractivity contribution in [2.45, 2.75) is 24.5 Å². The summed E-state index contributed by atoms with van der Waals surface area (Å²) in [7, 11) is 0. The quantitative estimate of drug-likeness (QED) is 0.488. The molecule has 1 heterocycles. The van der Waals surface area contributed by atoms with Gasteiger partial charge in [-0.3, -0.25) is 9.36 Å². The number of nitrogens with zero attached hydrogens (tertiary/aromatic N) is 2. The molecular weight excluding hydrogens is 366 g/mol. The molecular formula is C23H21N3OS. The number of carbonyl (C=O) groups is 1. The predicted octanol–water partition coefficient (Wildman–Crippen LogP) is 5.03. The van der Waals surface area contributed by atoms with Gasteiger partial charge in [0, 0.05) is 10.5 Å². The van der Waals surface area contributed by atoms with Gasteiger partial charge >= 0.3 is 0 Å². The van der Waals surface area contributed by atoms with Gasteiger partial charge in [-0.25, -0.2) is 4.98 Å². The van der Waals surface area contributed by atoms with Crippen molar-refractivity contribution in [2.24, 2.45) is 5.73 Å². The number of nitrogens with two attached hydrogens (primary N) is 1. The molecule has 0 radical (unpaired) electrons. The molecule has 0 aliphatic carbocycles. The first-order valence-corrected chi connectivity index (χ1v) is 10.1. The minimum absolute atomic E-state index is 0.442. The Labute approximate surface area is 168 Å². The van der Waals surface area contributed by atoms with Crippen LogP contribution in [-0.4, -0.2) is 15.5 Å². The first-order valence-electron chi connectivity index (χ1n) is 9.09. The fraction of sp³-hybridized carbons (Fsp3) is 0.130. The first-order chi connectivity index (χ1) is 13.5. The number of aryl methyl sites for hydroxylation is 2. The summed E-state index contributed by atoms with van der Waals surface area (Å²) in [6.45, 7) is 4.20. The molecule has 0 unspecified atom stereocenters. The van der Waals surface area contributed by atoms with Crippen LogP contribution in [-0.2, 0) is 5.75 Å². The Hall–Kier alpha value is -3.05. The number of carbonyl (C=O) groups excluding carboxylic acids is 1. The van der Waals surface area contributed by atoms with E-state index in [2.05, 4.69) is 48.7 Å². The molecule has 0 aliphatic rings. The van der Waals surface area contributed by atoms with Gasteiger partial charge in [0.1, 0.15) is 5.82 Å². The summed E-state index contributed by atoms with van der Waals surface area (Å²) in [4.78, 5) is 17.6. The summed E-state index contributed by atoms with van der Waals surface area (Å²) in [5.74, 6) is 1.22. The number of aromatic nitrogens is 2. The molecule has 0 aliphatic heterocycles. The van der Waals surface area contributed by atoms with E-state index in [0.29, 0.717) is 5.56 Å². The van der Waals surface area contributed by atoms with Crippen molar-refractivity contribution in [3.63, 3.8) is 0 Å². The molecule has 0 spiro atoms. The highest BCUT2D eigenvalue weighted by atomic mass is 32.2. The summed E-state index contributed by atoms with van der Waals surface area (Å²) in [5.41, 5.74) is 11.2. The highest BCUT2D eigenvalue weighted by molar-refractivity contribution is 7.98. The van der Waals surface area contributed by atoms with E-state index in [9.17, 15) is 4.79 Å². The lowest BCUT2D eigenvalue weighted by Crippen LogP contribution is -2.10. The third-order valence-corrected chi connectivity index (χ3v) is 5.72. The van der Waals surface area contributed by atoms with E-state index >= 15 is 0 Å². The third kappa shape index (κ3) is 3.53. The second kappa shape index (κ2) is 7.52. The zero-order chi connectivity index (χ0) is 19.7. The highest BCUT2D eigenvalue weighted by Crippen LogP contribution is 2.29. The largest absolute Gasteiger partial charge is 0.366 e. The van der Waals surface area contributed by atoms with Gasteiger partial charge in [-0.15, -0.1) is 11.8 Å². The Morgan fingerprint density at radius 2 is 1.82 bits per heavy atom. The van der Waals surface area contributed by atoms with Crippen LogP contribution in [0.5, 0.6) is 0 Å². The second-order valence-corrected chi connectivity index (χ2v) is 7.87. The zero-order valence-corrected chi connectivity index (χ0v) is 16.7. The molecule has 0 fully saturated rings. The molecule has 140 valence electrons. The van der Waals surface area contributed by atoms with E-state index in [1.807, 2.05) is 24.3 Å². The van der Waals surface area contributed by atoms with Gasteiger partial charge in [0.25, 0.3) is 0 Å². The van der Waals surface area contributed by atoms with E-state index in [4.69, 9.17) is 10.7 Å². The van der Waals surface area contributed by atoms with Crippen molar-refractivity contribution in [3.05, 3.63) is 89.2 Å². The lowest BCUT2D eigenvalue weighted by molar-refractivity contribution is 0.100. The molecule has 0 saturated carbocycles. The Bertz CT molecular complexity index is 1170. The van der Waals surface area contributed by atoms with Crippen molar-refractivity contribution in [3.8, 4) is 5.69 Å². The minimum atomic E-state index is -0.442. The van der Waals surface area contributed by atoms with Gasteiger partial charge in [0.15, 0.2) is 0 Å². The van der Waals surface area contributed by atoms with Crippen molar-refractivity contribution in [1.29, 1.82) is 0 Å². The summed E-state index contributed by atoms with van der Waals surface area (Å²) < 4.78 is 2.19. The normalized spacial score (nSPS) is 11.1. The fourth-order valence-corrected chi connectivity index (χ4v) is 4.21. The van der Waals surface area contributed by atoms with E-state index in [1.165, 1.54) is 16.0 Å². The fourth-order valence-electron chi connectivity index (χ4n) is 3.37. The van der Waals surface area contributed by atoms with E-state index in [0.717, 1.165) is 28.3 Å². The monoisotopic (exact) mass is 387 g/mol. The number of hydrogen-bond donors (Lipinski definition) is 1. The molecule has 0 bridgehead atoms. The second-order valence-electron chi connectivity index (χ2n) is 6.82. The van der Waals surface area contributed by atoms with Crippen LogP contribution in [0.25, 0.3) is 16.7 Å². The van der Waals surface area contributed by atoms with E-state index in [1.54, 1.807) is 23.9 Å². The Morgan fingerprint density at radius 3 is 2.54 bits per heavy atom. The maximum absolute atomic E-state index is 11.6. The summed E-state index contributed by atoms with van der Waals surface area (Å²) in [5, 5.41) is 0. The van der Waals surface area contributed by atoms with E-state index in [-0.39, 0.29) is 0 Å². The van der Waals surface area contributed by atoms with Gasteiger partial charge in [0.05, 0.1) is 22.5 Å². The molecule has 1 amide bonds. The molecule has 0 saturated heterocycles. The lowest BCUT2D eigenvalue weighted by atomic mass is 10.1. The molecule has 3 aromatic carbocycles. The van der Waals surface area contributed by atoms with Gasteiger partial charge < -0.3 is 5.73 Å². The van der Waals surface area contributed by atoms with Crippen molar-refractivity contribution < 1.29 is 4.79 Å². The molecule has 0 atom stereocenters. The van der Waals surface area contributed by atoms with Crippen LogP contribution >= 0.6 is 11.8 Å². The van der Waals surface area contributed by atoms with Crippen LogP contribution in [0.4, 0.5) is 0 Å². The van der Waals surface area contributed by atoms with Crippen LogP contribution in [0.1, 0.15) is 27.3 Å². The maximum Gasteiger partial charge on any atom is 0.248 e.